The summed E-state index contributed by atoms with van der Waals surface area (Å²) >= 11 is 0. The molecule has 86 valence electrons. The third-order valence-electron chi connectivity index (χ3n) is 2.52. The van der Waals surface area contributed by atoms with E-state index in [1.54, 1.807) is 0 Å². The van der Waals surface area contributed by atoms with Crippen molar-refractivity contribution < 1.29 is 14.7 Å². The number of carbonyl (C=O) groups is 2. The lowest BCUT2D eigenvalue weighted by Gasteiger charge is -2.09. The lowest BCUT2D eigenvalue weighted by molar-refractivity contribution is -0.139. The summed E-state index contributed by atoms with van der Waals surface area (Å²) < 4.78 is 0. The predicted molar refractivity (Wildman–Crippen MR) is 55.2 cm³/mol. The highest BCUT2D eigenvalue weighted by molar-refractivity contribution is 5.85. The van der Waals surface area contributed by atoms with Crippen molar-refractivity contribution in [2.75, 3.05) is 6.54 Å². The van der Waals surface area contributed by atoms with E-state index < -0.39 is 12.0 Å². The van der Waals surface area contributed by atoms with Crippen molar-refractivity contribution >= 4 is 11.9 Å². The monoisotopic (exact) mass is 214 g/mol. The van der Waals surface area contributed by atoms with E-state index in [0.29, 0.717) is 6.54 Å². The van der Waals surface area contributed by atoms with Crippen LogP contribution in [0.2, 0.25) is 0 Å². The Kier molecular flexibility index (Phi) is 4.55. The van der Waals surface area contributed by atoms with Crippen LogP contribution in [0.4, 0.5) is 0 Å². The third-order valence-corrected chi connectivity index (χ3v) is 2.52. The average molecular weight is 214 g/mol. The molecule has 1 atom stereocenters. The first kappa shape index (κ1) is 12.0. The molecule has 0 aromatic heterocycles. The van der Waals surface area contributed by atoms with E-state index in [1.165, 1.54) is 12.8 Å². The van der Waals surface area contributed by atoms with E-state index in [4.69, 9.17) is 10.8 Å². The number of nitrogens with two attached hydrogens (primary N) is 1. The summed E-state index contributed by atoms with van der Waals surface area (Å²) in [7, 11) is 0. The zero-order valence-corrected chi connectivity index (χ0v) is 8.74. The summed E-state index contributed by atoms with van der Waals surface area (Å²) in [6, 6.07) is -0.927. The van der Waals surface area contributed by atoms with Crippen LogP contribution < -0.4 is 11.1 Å². The number of amides is 1. The standard InChI is InChI=1S/C10H18N2O3/c11-8(6-9(13)14)10(15)12-5-1-2-7-3-4-7/h7-8H,1-6,11H2,(H,12,15)(H,13,14). The summed E-state index contributed by atoms with van der Waals surface area (Å²) in [6.07, 6.45) is 4.41. The van der Waals surface area contributed by atoms with Crippen molar-refractivity contribution in [1.29, 1.82) is 0 Å². The summed E-state index contributed by atoms with van der Waals surface area (Å²) in [5.41, 5.74) is 5.38. The molecule has 0 bridgehead atoms. The second-order valence-corrected chi connectivity index (χ2v) is 4.08. The highest BCUT2D eigenvalue weighted by Gasteiger charge is 2.20. The highest BCUT2D eigenvalue weighted by atomic mass is 16.4. The minimum absolute atomic E-state index is 0.311. The maximum absolute atomic E-state index is 11.2. The van der Waals surface area contributed by atoms with Gasteiger partial charge in [-0.1, -0.05) is 12.8 Å². The SMILES string of the molecule is NC(CC(=O)O)C(=O)NCCCC1CC1. The molecule has 0 aromatic carbocycles. The molecule has 0 aliphatic heterocycles. The average Bonchev–Trinajstić information content (AvgIpc) is 2.94. The molecule has 4 N–H and O–H groups in total. The van der Waals surface area contributed by atoms with Crippen molar-refractivity contribution in [2.45, 2.75) is 38.1 Å². The van der Waals surface area contributed by atoms with Crippen molar-refractivity contribution in [3.05, 3.63) is 0 Å². The van der Waals surface area contributed by atoms with Crippen LogP contribution in [0.25, 0.3) is 0 Å². The zero-order valence-electron chi connectivity index (χ0n) is 8.74. The molecule has 1 aliphatic rings. The maximum Gasteiger partial charge on any atom is 0.305 e. The smallest absolute Gasteiger partial charge is 0.305 e. The van der Waals surface area contributed by atoms with Crippen molar-refractivity contribution in [3.63, 3.8) is 0 Å². The first-order valence-corrected chi connectivity index (χ1v) is 5.34. The first-order valence-electron chi connectivity index (χ1n) is 5.34. The largest absolute Gasteiger partial charge is 0.481 e. The molecule has 1 rings (SSSR count). The molecule has 0 radical (unpaired) electrons. The van der Waals surface area contributed by atoms with Gasteiger partial charge in [-0.05, 0) is 18.8 Å². The van der Waals surface area contributed by atoms with E-state index in [2.05, 4.69) is 5.32 Å². The predicted octanol–water partition coefficient (Wildman–Crippen LogP) is 0.0948. The van der Waals surface area contributed by atoms with Gasteiger partial charge in [0.05, 0.1) is 12.5 Å². The molecule has 0 heterocycles. The van der Waals surface area contributed by atoms with Crippen LogP contribution in [0.15, 0.2) is 0 Å². The Bertz CT molecular complexity index is 239. The van der Waals surface area contributed by atoms with Gasteiger partial charge < -0.3 is 16.2 Å². The first-order chi connectivity index (χ1) is 7.09. The number of hydrogen-bond donors (Lipinski definition) is 3. The molecule has 5 nitrogen and oxygen atoms in total. The molecule has 15 heavy (non-hydrogen) atoms. The quantitative estimate of drug-likeness (QED) is 0.524. The summed E-state index contributed by atoms with van der Waals surface area (Å²) in [4.78, 5) is 21.5. The second-order valence-electron chi connectivity index (χ2n) is 4.08. The molecule has 0 saturated heterocycles. The fourth-order valence-corrected chi connectivity index (χ4v) is 1.42. The number of aliphatic carboxylic acids is 1. The number of carboxylic acid groups (broad SMARTS) is 1. The lowest BCUT2D eigenvalue weighted by Crippen LogP contribution is -2.42. The topological polar surface area (TPSA) is 92.4 Å². The Hall–Kier alpha value is -1.10. The van der Waals surface area contributed by atoms with Crippen LogP contribution in [-0.2, 0) is 9.59 Å². The molecule has 1 saturated carbocycles. The molecule has 1 amide bonds. The molecule has 1 unspecified atom stereocenters. The molecular weight excluding hydrogens is 196 g/mol. The zero-order chi connectivity index (χ0) is 11.3. The van der Waals surface area contributed by atoms with E-state index in [9.17, 15) is 9.59 Å². The van der Waals surface area contributed by atoms with Gasteiger partial charge in [0.1, 0.15) is 0 Å². The number of nitrogens with one attached hydrogen (secondary N) is 1. The Morgan fingerprint density at radius 3 is 2.67 bits per heavy atom. The molecule has 0 spiro atoms. The van der Waals surface area contributed by atoms with Gasteiger partial charge in [0.15, 0.2) is 0 Å². The number of carbonyl (C=O) groups excluding carboxylic acids is 1. The van der Waals surface area contributed by atoms with Gasteiger partial charge in [-0.2, -0.15) is 0 Å². The van der Waals surface area contributed by atoms with Gasteiger partial charge in [-0.3, -0.25) is 9.59 Å². The summed E-state index contributed by atoms with van der Waals surface area (Å²) in [5, 5.41) is 11.1. The van der Waals surface area contributed by atoms with E-state index in [1.807, 2.05) is 0 Å². The minimum atomic E-state index is -1.05. The van der Waals surface area contributed by atoms with Crippen LogP contribution in [-0.4, -0.2) is 29.6 Å². The normalized spacial score (nSPS) is 17.1. The van der Waals surface area contributed by atoms with Crippen LogP contribution in [0.5, 0.6) is 0 Å². The van der Waals surface area contributed by atoms with Crippen LogP contribution in [0.3, 0.4) is 0 Å². The van der Waals surface area contributed by atoms with Gasteiger partial charge in [-0.25, -0.2) is 0 Å². The van der Waals surface area contributed by atoms with Crippen molar-refractivity contribution in [3.8, 4) is 0 Å². The van der Waals surface area contributed by atoms with E-state index in [0.717, 1.165) is 18.8 Å². The number of rotatable bonds is 7. The summed E-state index contributed by atoms with van der Waals surface area (Å²) in [6.45, 7) is 0.600. The van der Waals surface area contributed by atoms with Crippen molar-refractivity contribution in [1.82, 2.24) is 5.32 Å². The molecule has 5 heteroatoms. The van der Waals surface area contributed by atoms with Gasteiger partial charge >= 0.3 is 5.97 Å². The minimum Gasteiger partial charge on any atom is -0.481 e. The fourth-order valence-electron chi connectivity index (χ4n) is 1.42. The van der Waals surface area contributed by atoms with Crippen LogP contribution in [0.1, 0.15) is 32.1 Å². The van der Waals surface area contributed by atoms with E-state index >= 15 is 0 Å². The Morgan fingerprint density at radius 1 is 1.47 bits per heavy atom. The molecule has 0 aromatic rings. The maximum atomic E-state index is 11.2. The van der Waals surface area contributed by atoms with Gasteiger partial charge in [-0.15, -0.1) is 0 Å². The van der Waals surface area contributed by atoms with Gasteiger partial charge in [0.25, 0.3) is 0 Å². The van der Waals surface area contributed by atoms with Crippen LogP contribution in [0, 0.1) is 5.92 Å². The second kappa shape index (κ2) is 5.70. The number of hydrogen-bond acceptors (Lipinski definition) is 3. The fraction of sp³-hybridized carbons (Fsp3) is 0.800. The molecular formula is C10H18N2O3. The Labute approximate surface area is 89.0 Å². The van der Waals surface area contributed by atoms with E-state index in [-0.39, 0.29) is 12.3 Å². The van der Waals surface area contributed by atoms with Crippen molar-refractivity contribution in [2.24, 2.45) is 11.7 Å². The summed E-state index contributed by atoms with van der Waals surface area (Å²) in [5.74, 6) is -0.557. The Morgan fingerprint density at radius 2 is 2.13 bits per heavy atom. The molecule has 1 aliphatic carbocycles. The number of carboxylic acids is 1. The highest BCUT2D eigenvalue weighted by Crippen LogP contribution is 2.33. The molecule has 1 fully saturated rings. The van der Waals surface area contributed by atoms with Crippen LogP contribution >= 0.6 is 0 Å². The van der Waals surface area contributed by atoms with Gasteiger partial charge in [0.2, 0.25) is 5.91 Å². The lowest BCUT2D eigenvalue weighted by atomic mass is 10.2. The Balaban J connectivity index is 2.02. The third kappa shape index (κ3) is 5.37. The van der Waals surface area contributed by atoms with Gasteiger partial charge in [0, 0.05) is 6.54 Å².